The fourth-order valence-electron chi connectivity index (χ4n) is 2.88. The van der Waals surface area contributed by atoms with Gasteiger partial charge in [0.25, 0.3) is 0 Å². The lowest BCUT2D eigenvalue weighted by molar-refractivity contribution is 0.298. The summed E-state index contributed by atoms with van der Waals surface area (Å²) < 4.78 is 9.06. The van der Waals surface area contributed by atoms with E-state index in [2.05, 4.69) is 32.9 Å². The summed E-state index contributed by atoms with van der Waals surface area (Å²) in [6.07, 6.45) is 9.19. The SMILES string of the molecule is NC1CCCCc2cn(CCOc3ccc(Br)cc3)cc21. The van der Waals surface area contributed by atoms with Crippen LogP contribution >= 0.6 is 15.9 Å². The highest BCUT2D eigenvalue weighted by Gasteiger charge is 2.17. The minimum Gasteiger partial charge on any atom is -0.492 e. The molecule has 21 heavy (non-hydrogen) atoms. The highest BCUT2D eigenvalue weighted by Crippen LogP contribution is 2.27. The summed E-state index contributed by atoms with van der Waals surface area (Å²) in [6.45, 7) is 1.53. The summed E-state index contributed by atoms with van der Waals surface area (Å²) in [6, 6.07) is 8.14. The molecule has 0 aliphatic heterocycles. The van der Waals surface area contributed by atoms with Crippen LogP contribution in [-0.2, 0) is 13.0 Å². The maximum atomic E-state index is 6.24. The molecule has 112 valence electrons. The van der Waals surface area contributed by atoms with Crippen LogP contribution in [0.1, 0.15) is 36.4 Å². The third kappa shape index (κ3) is 3.69. The Balaban J connectivity index is 1.58. The van der Waals surface area contributed by atoms with Gasteiger partial charge >= 0.3 is 0 Å². The van der Waals surface area contributed by atoms with E-state index in [9.17, 15) is 0 Å². The molecule has 1 aromatic carbocycles. The zero-order chi connectivity index (χ0) is 14.7. The topological polar surface area (TPSA) is 40.2 Å². The van der Waals surface area contributed by atoms with Crippen molar-refractivity contribution >= 4 is 15.9 Å². The lowest BCUT2D eigenvalue weighted by atomic mass is 10.1. The number of ether oxygens (including phenoxy) is 1. The van der Waals surface area contributed by atoms with Gasteiger partial charge in [-0.05, 0) is 54.7 Å². The van der Waals surface area contributed by atoms with Crippen molar-refractivity contribution in [3.05, 3.63) is 52.3 Å². The lowest BCUT2D eigenvalue weighted by Gasteiger charge is -2.08. The first-order chi connectivity index (χ1) is 10.2. The Morgan fingerprint density at radius 3 is 2.81 bits per heavy atom. The predicted molar refractivity (Wildman–Crippen MR) is 88.6 cm³/mol. The minimum atomic E-state index is 0.205. The Morgan fingerprint density at radius 2 is 2.00 bits per heavy atom. The number of hydrogen-bond donors (Lipinski definition) is 1. The van der Waals surface area contributed by atoms with Crippen molar-refractivity contribution in [3.8, 4) is 5.75 Å². The van der Waals surface area contributed by atoms with Crippen molar-refractivity contribution in [3.63, 3.8) is 0 Å². The number of benzene rings is 1. The van der Waals surface area contributed by atoms with Crippen LogP contribution in [0.2, 0.25) is 0 Å². The van der Waals surface area contributed by atoms with Crippen LogP contribution in [0, 0.1) is 0 Å². The van der Waals surface area contributed by atoms with Crippen LogP contribution in [0.25, 0.3) is 0 Å². The molecule has 2 N–H and O–H groups in total. The molecule has 1 aromatic heterocycles. The Morgan fingerprint density at radius 1 is 1.19 bits per heavy atom. The van der Waals surface area contributed by atoms with Crippen LogP contribution in [-0.4, -0.2) is 11.2 Å². The van der Waals surface area contributed by atoms with Crippen LogP contribution in [0.5, 0.6) is 5.75 Å². The van der Waals surface area contributed by atoms with Gasteiger partial charge in [0.2, 0.25) is 0 Å². The van der Waals surface area contributed by atoms with E-state index in [1.807, 2.05) is 24.3 Å². The molecule has 0 bridgehead atoms. The summed E-state index contributed by atoms with van der Waals surface area (Å²) in [5.41, 5.74) is 8.99. The van der Waals surface area contributed by atoms with Crippen LogP contribution in [0.4, 0.5) is 0 Å². The maximum Gasteiger partial charge on any atom is 0.119 e. The molecule has 0 radical (unpaired) electrons. The molecular weight excluding hydrogens is 328 g/mol. The standard InChI is InChI=1S/C17H21BrN2O/c18-14-5-7-15(8-6-14)21-10-9-20-11-13-3-1-2-4-17(19)16(13)12-20/h5-8,11-12,17H,1-4,9-10,19H2. The Labute approximate surface area is 134 Å². The molecule has 3 rings (SSSR count). The molecule has 0 spiro atoms. The van der Waals surface area contributed by atoms with Crippen molar-refractivity contribution in [1.29, 1.82) is 0 Å². The van der Waals surface area contributed by atoms with E-state index in [0.717, 1.165) is 29.6 Å². The second kappa shape index (κ2) is 6.67. The zero-order valence-corrected chi connectivity index (χ0v) is 13.7. The summed E-state index contributed by atoms with van der Waals surface area (Å²) >= 11 is 3.42. The number of fused-ring (bicyclic) bond motifs is 1. The second-order valence-electron chi connectivity index (χ2n) is 5.63. The third-order valence-electron chi connectivity index (χ3n) is 4.04. The molecule has 2 aromatic rings. The van der Waals surface area contributed by atoms with Gasteiger partial charge in [-0.15, -0.1) is 0 Å². The minimum absolute atomic E-state index is 0.205. The van der Waals surface area contributed by atoms with Gasteiger partial charge in [-0.3, -0.25) is 0 Å². The number of rotatable bonds is 4. The quantitative estimate of drug-likeness (QED) is 0.846. The molecule has 1 aliphatic carbocycles. The van der Waals surface area contributed by atoms with Crippen molar-refractivity contribution in [1.82, 2.24) is 4.57 Å². The Kier molecular flexibility index (Phi) is 4.66. The lowest BCUT2D eigenvalue weighted by Crippen LogP contribution is -2.10. The smallest absolute Gasteiger partial charge is 0.119 e. The van der Waals surface area contributed by atoms with Crippen molar-refractivity contribution in [2.75, 3.05) is 6.61 Å². The van der Waals surface area contributed by atoms with Gasteiger partial charge in [-0.2, -0.15) is 0 Å². The highest BCUT2D eigenvalue weighted by atomic mass is 79.9. The van der Waals surface area contributed by atoms with Gasteiger partial charge in [-0.1, -0.05) is 22.4 Å². The number of aryl methyl sites for hydroxylation is 1. The molecule has 1 atom stereocenters. The second-order valence-corrected chi connectivity index (χ2v) is 6.55. The van der Waals surface area contributed by atoms with E-state index in [0.29, 0.717) is 6.61 Å². The Bertz CT molecular complexity index is 591. The van der Waals surface area contributed by atoms with E-state index < -0.39 is 0 Å². The molecular formula is C17H21BrN2O. The molecule has 1 unspecified atom stereocenters. The number of nitrogens with zero attached hydrogens (tertiary/aromatic N) is 1. The first-order valence-electron chi connectivity index (χ1n) is 7.55. The number of hydrogen-bond acceptors (Lipinski definition) is 2. The van der Waals surface area contributed by atoms with Crippen molar-refractivity contribution in [2.45, 2.75) is 38.3 Å². The molecule has 3 nitrogen and oxygen atoms in total. The first-order valence-corrected chi connectivity index (χ1v) is 8.34. The monoisotopic (exact) mass is 348 g/mol. The average Bonchev–Trinajstić information content (AvgIpc) is 2.81. The summed E-state index contributed by atoms with van der Waals surface area (Å²) in [7, 11) is 0. The van der Waals surface area contributed by atoms with E-state index in [1.54, 1.807) is 0 Å². The van der Waals surface area contributed by atoms with E-state index in [4.69, 9.17) is 10.5 Å². The molecule has 0 saturated heterocycles. The van der Waals surface area contributed by atoms with Crippen LogP contribution in [0.3, 0.4) is 0 Å². The normalized spacial score (nSPS) is 18.1. The van der Waals surface area contributed by atoms with Gasteiger partial charge in [0.1, 0.15) is 12.4 Å². The van der Waals surface area contributed by atoms with Crippen molar-refractivity contribution in [2.24, 2.45) is 5.73 Å². The van der Waals surface area contributed by atoms with E-state index >= 15 is 0 Å². The van der Waals surface area contributed by atoms with Crippen LogP contribution < -0.4 is 10.5 Å². The number of aromatic nitrogens is 1. The zero-order valence-electron chi connectivity index (χ0n) is 12.1. The van der Waals surface area contributed by atoms with Gasteiger partial charge in [0.05, 0.1) is 6.54 Å². The number of nitrogens with two attached hydrogens (primary N) is 1. The highest BCUT2D eigenvalue weighted by molar-refractivity contribution is 9.10. The van der Waals surface area contributed by atoms with E-state index in [-0.39, 0.29) is 6.04 Å². The fourth-order valence-corrected chi connectivity index (χ4v) is 3.14. The largest absolute Gasteiger partial charge is 0.492 e. The molecule has 0 amide bonds. The summed E-state index contributed by atoms with van der Waals surface area (Å²) in [5.74, 6) is 0.906. The van der Waals surface area contributed by atoms with Crippen LogP contribution in [0.15, 0.2) is 41.1 Å². The number of halogens is 1. The Hall–Kier alpha value is -1.26. The first kappa shape index (κ1) is 14.7. The van der Waals surface area contributed by atoms with E-state index in [1.165, 1.54) is 24.0 Å². The predicted octanol–water partition coefficient (Wildman–Crippen LogP) is 4.06. The molecule has 1 heterocycles. The maximum absolute atomic E-state index is 6.24. The molecule has 4 heteroatoms. The van der Waals surface area contributed by atoms with Gasteiger partial charge in [0.15, 0.2) is 0 Å². The molecule has 0 saturated carbocycles. The fraction of sp³-hybridized carbons (Fsp3) is 0.412. The van der Waals surface area contributed by atoms with Gasteiger partial charge in [0, 0.05) is 22.9 Å². The van der Waals surface area contributed by atoms with Gasteiger partial charge < -0.3 is 15.0 Å². The summed E-state index contributed by atoms with van der Waals surface area (Å²) in [4.78, 5) is 0. The van der Waals surface area contributed by atoms with Gasteiger partial charge in [-0.25, -0.2) is 0 Å². The third-order valence-corrected chi connectivity index (χ3v) is 4.57. The summed E-state index contributed by atoms with van der Waals surface area (Å²) in [5, 5.41) is 0. The average molecular weight is 349 g/mol. The van der Waals surface area contributed by atoms with Crippen molar-refractivity contribution < 1.29 is 4.74 Å². The molecule has 0 fully saturated rings. The molecule has 1 aliphatic rings.